The third-order valence-corrected chi connectivity index (χ3v) is 4.26. The standard InChI is InChI=1S/C19H22N2O3/c1-23-17-4-2-3-5-18(17)24-16-10-8-15(9-11-16)21-19(22)13-6-7-14(20)12-13/h2-5,8-11,13-14H,6-7,12,20H2,1H3,(H,21,22). The molecule has 0 aliphatic heterocycles. The molecule has 3 N–H and O–H groups in total. The minimum atomic E-state index is 0.0181. The van der Waals surface area contributed by atoms with Crippen molar-refractivity contribution in [2.75, 3.05) is 12.4 Å². The van der Waals surface area contributed by atoms with E-state index in [2.05, 4.69) is 5.32 Å². The molecule has 0 aromatic heterocycles. The predicted molar refractivity (Wildman–Crippen MR) is 93.5 cm³/mol. The quantitative estimate of drug-likeness (QED) is 0.881. The number of carbonyl (C=O) groups is 1. The molecule has 126 valence electrons. The van der Waals surface area contributed by atoms with Gasteiger partial charge >= 0.3 is 0 Å². The van der Waals surface area contributed by atoms with Crippen LogP contribution in [0.3, 0.4) is 0 Å². The summed E-state index contributed by atoms with van der Waals surface area (Å²) in [5.74, 6) is 2.07. The SMILES string of the molecule is COc1ccccc1Oc1ccc(NC(=O)C2CCC(N)C2)cc1. The molecule has 2 aromatic carbocycles. The number of benzene rings is 2. The van der Waals surface area contributed by atoms with Crippen molar-refractivity contribution in [2.45, 2.75) is 25.3 Å². The lowest BCUT2D eigenvalue weighted by Crippen LogP contribution is -2.23. The molecule has 3 rings (SSSR count). The summed E-state index contributed by atoms with van der Waals surface area (Å²) in [6.07, 6.45) is 2.55. The molecule has 5 nitrogen and oxygen atoms in total. The van der Waals surface area contributed by atoms with Gasteiger partial charge in [-0.1, -0.05) is 12.1 Å². The summed E-state index contributed by atoms with van der Waals surface area (Å²) in [6.45, 7) is 0. The van der Waals surface area contributed by atoms with Crippen LogP contribution in [0.2, 0.25) is 0 Å². The van der Waals surface area contributed by atoms with Gasteiger partial charge in [0.15, 0.2) is 11.5 Å². The smallest absolute Gasteiger partial charge is 0.227 e. The Bertz CT molecular complexity index is 700. The first-order chi connectivity index (χ1) is 11.7. The third kappa shape index (κ3) is 3.86. The highest BCUT2D eigenvalue weighted by Gasteiger charge is 2.27. The Kier molecular flexibility index (Phi) is 5.01. The van der Waals surface area contributed by atoms with Crippen LogP contribution in [0.15, 0.2) is 48.5 Å². The summed E-state index contributed by atoms with van der Waals surface area (Å²) >= 11 is 0. The maximum absolute atomic E-state index is 12.2. The van der Waals surface area contributed by atoms with E-state index in [4.69, 9.17) is 15.2 Å². The summed E-state index contributed by atoms with van der Waals surface area (Å²) in [4.78, 5) is 12.2. The van der Waals surface area contributed by atoms with Gasteiger partial charge in [0, 0.05) is 17.6 Å². The molecule has 0 bridgehead atoms. The normalized spacial score (nSPS) is 19.8. The highest BCUT2D eigenvalue weighted by Crippen LogP contribution is 2.31. The van der Waals surface area contributed by atoms with Crippen molar-refractivity contribution in [2.24, 2.45) is 11.7 Å². The van der Waals surface area contributed by atoms with E-state index in [1.807, 2.05) is 48.5 Å². The van der Waals surface area contributed by atoms with E-state index in [9.17, 15) is 4.79 Å². The maximum atomic E-state index is 12.2. The van der Waals surface area contributed by atoms with Gasteiger partial charge in [-0.05, 0) is 55.7 Å². The second kappa shape index (κ2) is 7.36. The van der Waals surface area contributed by atoms with Crippen LogP contribution in [0.25, 0.3) is 0 Å². The zero-order valence-electron chi connectivity index (χ0n) is 13.7. The molecule has 5 heteroatoms. The average Bonchev–Trinajstić information content (AvgIpc) is 3.04. The Balaban J connectivity index is 1.62. The number of ether oxygens (including phenoxy) is 2. The molecule has 24 heavy (non-hydrogen) atoms. The molecule has 2 atom stereocenters. The first-order valence-corrected chi connectivity index (χ1v) is 8.13. The van der Waals surface area contributed by atoms with Crippen molar-refractivity contribution in [3.63, 3.8) is 0 Å². The van der Waals surface area contributed by atoms with Crippen LogP contribution in [-0.4, -0.2) is 19.1 Å². The first-order valence-electron chi connectivity index (χ1n) is 8.13. The summed E-state index contributed by atoms with van der Waals surface area (Å²) in [7, 11) is 1.61. The van der Waals surface area contributed by atoms with E-state index in [-0.39, 0.29) is 17.9 Å². The monoisotopic (exact) mass is 326 g/mol. The molecule has 1 amide bonds. The number of nitrogens with two attached hydrogens (primary N) is 1. The molecule has 0 spiro atoms. The van der Waals surface area contributed by atoms with E-state index in [1.165, 1.54) is 0 Å². The summed E-state index contributed by atoms with van der Waals surface area (Å²) in [5.41, 5.74) is 6.62. The lowest BCUT2D eigenvalue weighted by molar-refractivity contribution is -0.119. The molecular formula is C19H22N2O3. The minimum absolute atomic E-state index is 0.0181. The Hall–Kier alpha value is -2.53. The van der Waals surface area contributed by atoms with Crippen LogP contribution in [0.4, 0.5) is 5.69 Å². The Morgan fingerprint density at radius 3 is 2.42 bits per heavy atom. The maximum Gasteiger partial charge on any atom is 0.227 e. The number of hydrogen-bond donors (Lipinski definition) is 2. The zero-order valence-corrected chi connectivity index (χ0v) is 13.7. The van der Waals surface area contributed by atoms with Gasteiger partial charge in [0.2, 0.25) is 5.91 Å². The van der Waals surface area contributed by atoms with Crippen molar-refractivity contribution < 1.29 is 14.3 Å². The van der Waals surface area contributed by atoms with Gasteiger partial charge in [-0.2, -0.15) is 0 Å². The zero-order chi connectivity index (χ0) is 16.9. The van der Waals surface area contributed by atoms with Crippen LogP contribution in [0.5, 0.6) is 17.2 Å². The van der Waals surface area contributed by atoms with Gasteiger partial charge in [-0.15, -0.1) is 0 Å². The largest absolute Gasteiger partial charge is 0.493 e. The van der Waals surface area contributed by atoms with Crippen molar-refractivity contribution in [1.82, 2.24) is 0 Å². The van der Waals surface area contributed by atoms with Crippen molar-refractivity contribution in [1.29, 1.82) is 0 Å². The van der Waals surface area contributed by atoms with Crippen molar-refractivity contribution >= 4 is 11.6 Å². The van der Waals surface area contributed by atoms with Crippen molar-refractivity contribution in [3.05, 3.63) is 48.5 Å². The van der Waals surface area contributed by atoms with Crippen molar-refractivity contribution in [3.8, 4) is 17.2 Å². The minimum Gasteiger partial charge on any atom is -0.493 e. The van der Waals surface area contributed by atoms with Crippen LogP contribution < -0.4 is 20.5 Å². The number of methoxy groups -OCH3 is 1. The number of anilines is 1. The lowest BCUT2D eigenvalue weighted by Gasteiger charge is -2.12. The lowest BCUT2D eigenvalue weighted by atomic mass is 10.1. The van der Waals surface area contributed by atoms with E-state index in [0.717, 1.165) is 24.9 Å². The van der Waals surface area contributed by atoms with Crippen LogP contribution in [-0.2, 0) is 4.79 Å². The number of carbonyl (C=O) groups excluding carboxylic acids is 1. The molecule has 1 fully saturated rings. The number of nitrogens with one attached hydrogen (secondary N) is 1. The van der Waals surface area contributed by atoms with Crippen LogP contribution in [0, 0.1) is 5.92 Å². The second-order valence-corrected chi connectivity index (χ2v) is 6.04. The second-order valence-electron chi connectivity index (χ2n) is 6.04. The fourth-order valence-corrected chi connectivity index (χ4v) is 2.94. The average molecular weight is 326 g/mol. The van der Waals surface area contributed by atoms with E-state index in [1.54, 1.807) is 7.11 Å². The van der Waals surface area contributed by atoms with E-state index >= 15 is 0 Å². The molecule has 1 aliphatic rings. The number of hydrogen-bond acceptors (Lipinski definition) is 4. The van der Waals surface area contributed by atoms with Gasteiger partial charge in [0.1, 0.15) is 5.75 Å². The summed E-state index contributed by atoms with van der Waals surface area (Å²) in [6, 6.07) is 14.9. The third-order valence-electron chi connectivity index (χ3n) is 4.26. The Morgan fingerprint density at radius 1 is 1.08 bits per heavy atom. The van der Waals surface area contributed by atoms with E-state index in [0.29, 0.717) is 17.2 Å². The highest BCUT2D eigenvalue weighted by molar-refractivity contribution is 5.92. The first kappa shape index (κ1) is 16.3. The van der Waals surface area contributed by atoms with Crippen LogP contribution in [0.1, 0.15) is 19.3 Å². The Labute approximate surface area is 141 Å². The molecule has 2 unspecified atom stereocenters. The molecule has 0 heterocycles. The topological polar surface area (TPSA) is 73.6 Å². The molecule has 2 aromatic rings. The molecule has 0 saturated heterocycles. The van der Waals surface area contributed by atoms with Gasteiger partial charge in [0.25, 0.3) is 0 Å². The predicted octanol–water partition coefficient (Wildman–Crippen LogP) is 3.55. The summed E-state index contributed by atoms with van der Waals surface area (Å²) in [5, 5.41) is 2.94. The number of rotatable bonds is 5. The molecule has 1 aliphatic carbocycles. The van der Waals surface area contributed by atoms with Crippen LogP contribution >= 0.6 is 0 Å². The van der Waals surface area contributed by atoms with Gasteiger partial charge < -0.3 is 20.5 Å². The van der Waals surface area contributed by atoms with E-state index < -0.39 is 0 Å². The molecular weight excluding hydrogens is 304 g/mol. The number of para-hydroxylation sites is 2. The molecule has 1 saturated carbocycles. The number of amides is 1. The fraction of sp³-hybridized carbons (Fsp3) is 0.316. The van der Waals surface area contributed by atoms with Gasteiger partial charge in [-0.3, -0.25) is 4.79 Å². The van der Waals surface area contributed by atoms with Gasteiger partial charge in [-0.25, -0.2) is 0 Å². The summed E-state index contributed by atoms with van der Waals surface area (Å²) < 4.78 is 11.1. The fourth-order valence-electron chi connectivity index (χ4n) is 2.94. The molecule has 0 radical (unpaired) electrons. The van der Waals surface area contributed by atoms with Gasteiger partial charge in [0.05, 0.1) is 7.11 Å². The Morgan fingerprint density at radius 2 is 1.79 bits per heavy atom. The highest BCUT2D eigenvalue weighted by atomic mass is 16.5.